The Morgan fingerprint density at radius 3 is 2.79 bits per heavy atom. The lowest BCUT2D eigenvalue weighted by Crippen LogP contribution is -2.40. The number of rotatable bonds is 10. The summed E-state index contributed by atoms with van der Waals surface area (Å²) in [5.74, 6) is 0.502. The Morgan fingerprint density at radius 2 is 2.16 bits per heavy atom. The van der Waals surface area contributed by atoms with Crippen molar-refractivity contribution in [3.8, 4) is 0 Å². The van der Waals surface area contributed by atoms with Crippen molar-refractivity contribution >= 4 is 10.2 Å². The summed E-state index contributed by atoms with van der Waals surface area (Å²) in [6.07, 6.45) is 2.71. The van der Waals surface area contributed by atoms with E-state index in [4.69, 9.17) is 4.74 Å². The van der Waals surface area contributed by atoms with E-state index in [-0.39, 0.29) is 0 Å². The summed E-state index contributed by atoms with van der Waals surface area (Å²) in [5.41, 5.74) is 0. The molecule has 0 aromatic heterocycles. The van der Waals surface area contributed by atoms with Crippen molar-refractivity contribution in [2.24, 2.45) is 5.92 Å². The van der Waals surface area contributed by atoms with Crippen LogP contribution in [0.4, 0.5) is 0 Å². The summed E-state index contributed by atoms with van der Waals surface area (Å²) in [5, 5.41) is 3.18. The largest absolute Gasteiger partial charge is 0.381 e. The van der Waals surface area contributed by atoms with Gasteiger partial charge in [0.15, 0.2) is 0 Å². The van der Waals surface area contributed by atoms with Crippen LogP contribution in [0.5, 0.6) is 0 Å². The van der Waals surface area contributed by atoms with E-state index in [1.165, 1.54) is 4.31 Å². The second-order valence-corrected chi connectivity index (χ2v) is 6.81. The first-order valence-electron chi connectivity index (χ1n) is 7.05. The molecule has 1 fully saturated rings. The molecule has 1 atom stereocenters. The van der Waals surface area contributed by atoms with Crippen LogP contribution in [-0.2, 0) is 14.9 Å². The van der Waals surface area contributed by atoms with Gasteiger partial charge in [0.1, 0.15) is 0 Å². The molecule has 2 N–H and O–H groups in total. The fraction of sp³-hybridized carbons (Fsp3) is 1.00. The first-order valence-corrected chi connectivity index (χ1v) is 8.49. The van der Waals surface area contributed by atoms with Crippen LogP contribution < -0.4 is 10.0 Å². The zero-order valence-corrected chi connectivity index (χ0v) is 12.8. The summed E-state index contributed by atoms with van der Waals surface area (Å²) in [4.78, 5) is 0. The molecule has 0 aromatic rings. The molecule has 7 heteroatoms. The molecule has 114 valence electrons. The van der Waals surface area contributed by atoms with Crippen molar-refractivity contribution in [1.82, 2.24) is 14.3 Å². The molecule has 1 aliphatic heterocycles. The molecular formula is C12H27N3O3S. The second-order valence-electron chi connectivity index (χ2n) is 4.95. The van der Waals surface area contributed by atoms with E-state index < -0.39 is 10.2 Å². The monoisotopic (exact) mass is 293 g/mol. The molecule has 0 bridgehead atoms. The predicted molar refractivity (Wildman–Crippen MR) is 76.3 cm³/mol. The Bertz CT molecular complexity index is 329. The molecule has 0 spiro atoms. The first-order chi connectivity index (χ1) is 9.06. The van der Waals surface area contributed by atoms with E-state index >= 15 is 0 Å². The van der Waals surface area contributed by atoms with Gasteiger partial charge in [-0.05, 0) is 38.3 Å². The minimum Gasteiger partial charge on any atom is -0.381 e. The summed E-state index contributed by atoms with van der Waals surface area (Å²) in [7, 11) is -1.71. The van der Waals surface area contributed by atoms with Crippen LogP contribution in [0, 0.1) is 5.92 Å². The lowest BCUT2D eigenvalue weighted by Gasteiger charge is -2.18. The summed E-state index contributed by atoms with van der Waals surface area (Å²) >= 11 is 0. The van der Waals surface area contributed by atoms with E-state index in [0.29, 0.717) is 19.0 Å². The maximum Gasteiger partial charge on any atom is 0.279 e. The Morgan fingerprint density at radius 1 is 1.37 bits per heavy atom. The Kier molecular flexibility index (Phi) is 7.86. The van der Waals surface area contributed by atoms with Crippen molar-refractivity contribution in [3.63, 3.8) is 0 Å². The average Bonchev–Trinajstić information content (AvgIpc) is 2.87. The third-order valence-corrected chi connectivity index (χ3v) is 4.92. The van der Waals surface area contributed by atoms with Gasteiger partial charge in [0.2, 0.25) is 0 Å². The molecule has 0 radical (unpaired) electrons. The van der Waals surface area contributed by atoms with E-state index in [1.54, 1.807) is 7.05 Å². The van der Waals surface area contributed by atoms with Gasteiger partial charge in [0.05, 0.1) is 0 Å². The lowest BCUT2D eigenvalue weighted by atomic mass is 10.1. The minimum absolute atomic E-state index is 0.494. The van der Waals surface area contributed by atoms with E-state index in [0.717, 1.165) is 45.6 Å². The van der Waals surface area contributed by atoms with Gasteiger partial charge in [-0.1, -0.05) is 6.92 Å². The molecule has 1 unspecified atom stereocenters. The van der Waals surface area contributed by atoms with Gasteiger partial charge in [0, 0.05) is 33.4 Å². The number of nitrogens with zero attached hydrogens (tertiary/aromatic N) is 1. The van der Waals surface area contributed by atoms with Crippen LogP contribution >= 0.6 is 0 Å². The van der Waals surface area contributed by atoms with Gasteiger partial charge in [-0.2, -0.15) is 12.7 Å². The van der Waals surface area contributed by atoms with Crippen molar-refractivity contribution in [1.29, 1.82) is 0 Å². The zero-order valence-electron chi connectivity index (χ0n) is 12.0. The van der Waals surface area contributed by atoms with Crippen molar-refractivity contribution in [3.05, 3.63) is 0 Å². The van der Waals surface area contributed by atoms with Crippen LogP contribution in [0.2, 0.25) is 0 Å². The number of nitrogens with one attached hydrogen (secondary N) is 2. The Labute approximate surface area is 117 Å². The number of hydrogen-bond donors (Lipinski definition) is 2. The van der Waals surface area contributed by atoms with Gasteiger partial charge in [-0.25, -0.2) is 4.72 Å². The van der Waals surface area contributed by atoms with Crippen LogP contribution in [-0.4, -0.2) is 59.2 Å². The normalized spacial score (nSPS) is 20.3. The first kappa shape index (κ1) is 16.8. The lowest BCUT2D eigenvalue weighted by molar-refractivity contribution is 0.184. The third kappa shape index (κ3) is 6.67. The van der Waals surface area contributed by atoms with Crippen LogP contribution in [0.15, 0.2) is 0 Å². The van der Waals surface area contributed by atoms with Gasteiger partial charge >= 0.3 is 0 Å². The molecule has 0 aliphatic carbocycles. The number of ether oxygens (including phenoxy) is 1. The smallest absolute Gasteiger partial charge is 0.279 e. The van der Waals surface area contributed by atoms with Gasteiger partial charge in [0.25, 0.3) is 10.2 Å². The van der Waals surface area contributed by atoms with Crippen molar-refractivity contribution in [2.75, 3.05) is 46.4 Å². The van der Waals surface area contributed by atoms with E-state index in [2.05, 4.69) is 10.0 Å². The van der Waals surface area contributed by atoms with Gasteiger partial charge in [-0.15, -0.1) is 0 Å². The molecule has 1 rings (SSSR count). The summed E-state index contributed by atoms with van der Waals surface area (Å²) in [6, 6.07) is 0. The Hall–Kier alpha value is -0.210. The van der Waals surface area contributed by atoms with Crippen molar-refractivity contribution in [2.45, 2.75) is 26.2 Å². The molecule has 0 aromatic carbocycles. The number of hydrogen-bond acceptors (Lipinski definition) is 4. The topological polar surface area (TPSA) is 70.7 Å². The maximum atomic E-state index is 11.9. The molecule has 1 saturated heterocycles. The third-order valence-electron chi connectivity index (χ3n) is 3.35. The zero-order chi connectivity index (χ0) is 14.1. The van der Waals surface area contributed by atoms with E-state index in [1.807, 2.05) is 6.92 Å². The quantitative estimate of drug-likeness (QED) is 0.564. The van der Waals surface area contributed by atoms with Crippen LogP contribution in [0.1, 0.15) is 26.2 Å². The standard InChI is InChI=1S/C12H27N3O3S/c1-3-13-7-4-9-15(2)19(16,17)14-8-5-12-6-10-18-11-12/h12-14H,3-11H2,1-2H3. The van der Waals surface area contributed by atoms with Crippen LogP contribution in [0.3, 0.4) is 0 Å². The molecule has 0 saturated carbocycles. The maximum absolute atomic E-state index is 11.9. The highest BCUT2D eigenvalue weighted by Crippen LogP contribution is 2.15. The highest BCUT2D eigenvalue weighted by atomic mass is 32.2. The molecular weight excluding hydrogens is 266 g/mol. The highest BCUT2D eigenvalue weighted by molar-refractivity contribution is 7.87. The average molecular weight is 293 g/mol. The van der Waals surface area contributed by atoms with Gasteiger partial charge in [-0.3, -0.25) is 0 Å². The minimum atomic E-state index is -3.32. The second kappa shape index (κ2) is 8.86. The fourth-order valence-corrected chi connectivity index (χ4v) is 3.00. The fourth-order valence-electron chi connectivity index (χ4n) is 2.04. The summed E-state index contributed by atoms with van der Waals surface area (Å²) < 4.78 is 33.2. The highest BCUT2D eigenvalue weighted by Gasteiger charge is 2.19. The van der Waals surface area contributed by atoms with E-state index in [9.17, 15) is 8.42 Å². The van der Waals surface area contributed by atoms with Crippen molar-refractivity contribution < 1.29 is 13.2 Å². The molecule has 1 aliphatic rings. The van der Waals surface area contributed by atoms with Crippen LogP contribution in [0.25, 0.3) is 0 Å². The Balaban J connectivity index is 2.17. The molecule has 6 nitrogen and oxygen atoms in total. The summed E-state index contributed by atoms with van der Waals surface area (Å²) in [6.45, 7) is 6.40. The van der Waals surface area contributed by atoms with Gasteiger partial charge < -0.3 is 10.1 Å². The molecule has 19 heavy (non-hydrogen) atoms. The SMILES string of the molecule is CCNCCCN(C)S(=O)(=O)NCCC1CCOC1. The predicted octanol–water partition coefficient (Wildman–Crippen LogP) is 0.179. The molecule has 0 amide bonds. The molecule has 1 heterocycles.